The first-order valence-corrected chi connectivity index (χ1v) is 5.39. The molecule has 0 spiro atoms. The van der Waals surface area contributed by atoms with E-state index in [9.17, 15) is 4.79 Å². The molecule has 0 saturated heterocycles. The Morgan fingerprint density at radius 1 is 1.47 bits per heavy atom. The molecule has 0 aliphatic carbocycles. The lowest BCUT2D eigenvalue weighted by molar-refractivity contribution is 0.0910. The van der Waals surface area contributed by atoms with Crippen molar-refractivity contribution in [1.82, 2.24) is 10.3 Å². The van der Waals surface area contributed by atoms with E-state index in [0.717, 1.165) is 12.0 Å². The van der Waals surface area contributed by atoms with E-state index in [1.807, 2.05) is 26.8 Å². The van der Waals surface area contributed by atoms with E-state index in [-0.39, 0.29) is 23.9 Å². The first kappa shape index (κ1) is 15.9. The third-order valence-corrected chi connectivity index (χ3v) is 2.36. The Morgan fingerprint density at radius 3 is 2.65 bits per heavy atom. The second-order valence-corrected chi connectivity index (χ2v) is 4.63. The molecule has 1 heterocycles. The molecule has 1 amide bonds. The maximum atomic E-state index is 11.9. The highest BCUT2D eigenvalue weighted by atomic mass is 35.5. The topological polar surface area (TPSA) is 68.0 Å². The summed E-state index contributed by atoms with van der Waals surface area (Å²) in [5.41, 5.74) is 6.77. The minimum atomic E-state index is -0.282. The minimum absolute atomic E-state index is 0. The molecule has 3 N–H and O–H groups in total. The van der Waals surface area contributed by atoms with Gasteiger partial charge in [0.25, 0.3) is 5.91 Å². The fourth-order valence-corrected chi connectivity index (χ4v) is 1.48. The number of hydrogen-bond donors (Lipinski definition) is 2. The summed E-state index contributed by atoms with van der Waals surface area (Å²) >= 11 is 0. The van der Waals surface area contributed by atoms with Crippen LogP contribution in [0.4, 0.5) is 0 Å². The maximum Gasteiger partial charge on any atom is 0.253 e. The highest BCUT2D eigenvalue weighted by molar-refractivity contribution is 5.94. The van der Waals surface area contributed by atoms with Crippen LogP contribution in [0.15, 0.2) is 18.5 Å². The summed E-state index contributed by atoms with van der Waals surface area (Å²) in [5.74, 6) is -0.102. The first-order chi connectivity index (χ1) is 7.44. The number of pyridine rings is 1. The number of nitrogens with one attached hydrogen (secondary N) is 1. The van der Waals surface area contributed by atoms with Gasteiger partial charge in [-0.3, -0.25) is 9.78 Å². The van der Waals surface area contributed by atoms with Gasteiger partial charge in [0.1, 0.15) is 0 Å². The summed E-state index contributed by atoms with van der Waals surface area (Å²) in [5, 5.41) is 2.94. The number of nitrogens with two attached hydrogens (primary N) is 1. The molecule has 0 aliphatic heterocycles. The highest BCUT2D eigenvalue weighted by Gasteiger charge is 2.20. The van der Waals surface area contributed by atoms with Crippen LogP contribution in [0, 0.1) is 6.92 Å². The predicted molar refractivity (Wildman–Crippen MR) is 71.4 cm³/mol. The molecule has 0 aromatic carbocycles. The van der Waals surface area contributed by atoms with Crippen molar-refractivity contribution in [2.24, 2.45) is 5.73 Å². The van der Waals surface area contributed by atoms with Crippen LogP contribution in [0.25, 0.3) is 0 Å². The molecule has 5 heteroatoms. The van der Waals surface area contributed by atoms with Crippen molar-refractivity contribution in [2.75, 3.05) is 6.54 Å². The average Bonchev–Trinajstić information content (AvgIpc) is 2.16. The van der Waals surface area contributed by atoms with Crippen molar-refractivity contribution in [1.29, 1.82) is 0 Å². The molecule has 1 aromatic rings. The van der Waals surface area contributed by atoms with E-state index in [0.29, 0.717) is 12.1 Å². The maximum absolute atomic E-state index is 11.9. The largest absolute Gasteiger partial charge is 0.347 e. The summed E-state index contributed by atoms with van der Waals surface area (Å²) in [6.45, 7) is 6.39. The Bertz CT molecular complexity index is 380. The van der Waals surface area contributed by atoms with Gasteiger partial charge in [0.15, 0.2) is 0 Å². The van der Waals surface area contributed by atoms with Crippen LogP contribution in [0.1, 0.15) is 36.2 Å². The van der Waals surface area contributed by atoms with Gasteiger partial charge >= 0.3 is 0 Å². The Labute approximate surface area is 108 Å². The van der Waals surface area contributed by atoms with Crippen LogP contribution >= 0.6 is 12.4 Å². The van der Waals surface area contributed by atoms with E-state index < -0.39 is 0 Å². The molecule has 0 saturated carbocycles. The normalized spacial score (nSPS) is 10.6. The molecule has 0 atom stereocenters. The summed E-state index contributed by atoms with van der Waals surface area (Å²) in [4.78, 5) is 15.9. The molecule has 0 fully saturated rings. The van der Waals surface area contributed by atoms with Gasteiger partial charge in [0, 0.05) is 17.9 Å². The van der Waals surface area contributed by atoms with Crippen LogP contribution in [0.5, 0.6) is 0 Å². The molecular formula is C12H20ClN3O. The molecule has 4 nitrogen and oxygen atoms in total. The standard InChI is InChI=1S/C12H19N3O.ClH/c1-9-6-10(8-14-7-9)11(16)15-12(2,3)4-5-13;/h6-8H,4-5,13H2,1-3H3,(H,15,16);1H. The molecule has 0 aliphatic rings. The van der Waals surface area contributed by atoms with Crippen molar-refractivity contribution in [3.05, 3.63) is 29.6 Å². The molecule has 0 unspecified atom stereocenters. The van der Waals surface area contributed by atoms with Crippen LogP contribution in [0.3, 0.4) is 0 Å². The van der Waals surface area contributed by atoms with Crippen LogP contribution in [0.2, 0.25) is 0 Å². The van der Waals surface area contributed by atoms with E-state index in [1.165, 1.54) is 0 Å². The number of carbonyl (C=O) groups is 1. The predicted octanol–water partition coefficient (Wildman–Crippen LogP) is 1.67. The van der Waals surface area contributed by atoms with E-state index in [2.05, 4.69) is 10.3 Å². The third-order valence-electron chi connectivity index (χ3n) is 2.36. The van der Waals surface area contributed by atoms with Crippen LogP contribution < -0.4 is 11.1 Å². The van der Waals surface area contributed by atoms with Gasteiger partial charge in [0.05, 0.1) is 5.56 Å². The van der Waals surface area contributed by atoms with Crippen LogP contribution in [-0.4, -0.2) is 23.0 Å². The van der Waals surface area contributed by atoms with E-state index >= 15 is 0 Å². The zero-order chi connectivity index (χ0) is 12.2. The third kappa shape index (κ3) is 5.15. The minimum Gasteiger partial charge on any atom is -0.347 e. The number of hydrogen-bond acceptors (Lipinski definition) is 3. The average molecular weight is 258 g/mol. The van der Waals surface area contributed by atoms with Crippen LogP contribution in [-0.2, 0) is 0 Å². The SMILES string of the molecule is Cc1cncc(C(=O)NC(C)(C)CCN)c1.Cl. The van der Waals surface area contributed by atoms with Crippen molar-refractivity contribution >= 4 is 18.3 Å². The zero-order valence-corrected chi connectivity index (χ0v) is 11.3. The molecule has 17 heavy (non-hydrogen) atoms. The second-order valence-electron chi connectivity index (χ2n) is 4.63. The summed E-state index contributed by atoms with van der Waals surface area (Å²) in [7, 11) is 0. The Hall–Kier alpha value is -1.13. The highest BCUT2D eigenvalue weighted by Crippen LogP contribution is 2.09. The molecule has 0 bridgehead atoms. The van der Waals surface area contributed by atoms with Crippen molar-refractivity contribution in [3.8, 4) is 0 Å². The molecule has 1 aromatic heterocycles. The fraction of sp³-hybridized carbons (Fsp3) is 0.500. The van der Waals surface area contributed by atoms with Crippen molar-refractivity contribution in [2.45, 2.75) is 32.7 Å². The number of halogens is 1. The van der Waals surface area contributed by atoms with Gasteiger partial charge in [0.2, 0.25) is 0 Å². The van der Waals surface area contributed by atoms with Gasteiger partial charge in [-0.25, -0.2) is 0 Å². The Morgan fingerprint density at radius 2 is 2.12 bits per heavy atom. The molecule has 0 radical (unpaired) electrons. The summed E-state index contributed by atoms with van der Waals surface area (Å²) in [6.07, 6.45) is 4.04. The number of amides is 1. The lowest BCUT2D eigenvalue weighted by Crippen LogP contribution is -2.44. The second kappa shape index (κ2) is 6.57. The van der Waals surface area contributed by atoms with Crippen molar-refractivity contribution < 1.29 is 4.79 Å². The molecular weight excluding hydrogens is 238 g/mol. The van der Waals surface area contributed by atoms with Crippen molar-refractivity contribution in [3.63, 3.8) is 0 Å². The van der Waals surface area contributed by atoms with Gasteiger partial charge in [-0.1, -0.05) is 0 Å². The number of aromatic nitrogens is 1. The van der Waals surface area contributed by atoms with Gasteiger partial charge < -0.3 is 11.1 Å². The van der Waals surface area contributed by atoms with Gasteiger partial charge in [-0.05, 0) is 45.4 Å². The zero-order valence-electron chi connectivity index (χ0n) is 10.5. The Kier molecular flexibility index (Phi) is 6.13. The van der Waals surface area contributed by atoms with E-state index in [4.69, 9.17) is 5.73 Å². The fourth-order valence-electron chi connectivity index (χ4n) is 1.48. The van der Waals surface area contributed by atoms with Gasteiger partial charge in [-0.2, -0.15) is 0 Å². The Balaban J connectivity index is 0.00000256. The van der Waals surface area contributed by atoms with E-state index in [1.54, 1.807) is 12.4 Å². The smallest absolute Gasteiger partial charge is 0.253 e. The van der Waals surface area contributed by atoms with Gasteiger partial charge in [-0.15, -0.1) is 12.4 Å². The summed E-state index contributed by atoms with van der Waals surface area (Å²) in [6, 6.07) is 1.82. The number of aryl methyl sites for hydroxylation is 1. The number of carbonyl (C=O) groups excluding carboxylic acids is 1. The lowest BCUT2D eigenvalue weighted by Gasteiger charge is -2.25. The number of rotatable bonds is 4. The summed E-state index contributed by atoms with van der Waals surface area (Å²) < 4.78 is 0. The first-order valence-electron chi connectivity index (χ1n) is 5.39. The number of nitrogens with zero attached hydrogens (tertiary/aromatic N) is 1. The lowest BCUT2D eigenvalue weighted by atomic mass is 10.0. The molecule has 96 valence electrons. The quantitative estimate of drug-likeness (QED) is 0.862. The monoisotopic (exact) mass is 257 g/mol. The molecule has 1 rings (SSSR count).